The van der Waals surface area contributed by atoms with Crippen molar-refractivity contribution in [3.05, 3.63) is 11.8 Å². The molecule has 0 amide bonds. The first-order chi connectivity index (χ1) is 13.8. The van der Waals surface area contributed by atoms with E-state index >= 15 is 0 Å². The second-order valence-corrected chi connectivity index (χ2v) is 12.3. The van der Waals surface area contributed by atoms with Gasteiger partial charge in [0.1, 0.15) is 0 Å². The average Bonchev–Trinajstić information content (AvgIpc) is 2.70. The van der Waals surface area contributed by atoms with E-state index in [9.17, 15) is 0 Å². The fourth-order valence-electron chi connectivity index (χ4n) is 4.40. The van der Waals surface area contributed by atoms with E-state index in [4.69, 9.17) is 0 Å². The van der Waals surface area contributed by atoms with Crippen LogP contribution in [0.15, 0.2) is 11.8 Å². The summed E-state index contributed by atoms with van der Waals surface area (Å²) in [6, 6.07) is 3.14. The van der Waals surface area contributed by atoms with Gasteiger partial charge in [0.15, 0.2) is 0 Å². The molecule has 1 heteroatoms. The highest BCUT2D eigenvalue weighted by molar-refractivity contribution is 6.64. The van der Waals surface area contributed by atoms with Gasteiger partial charge in [-0.2, -0.15) is 0 Å². The highest BCUT2D eigenvalue weighted by Crippen LogP contribution is 2.17. The van der Waals surface area contributed by atoms with E-state index in [2.05, 4.69) is 32.5 Å². The van der Waals surface area contributed by atoms with Crippen LogP contribution >= 0.6 is 0 Å². The monoisotopic (exact) mass is 408 g/mol. The Labute approximate surface area is 182 Å². The van der Waals surface area contributed by atoms with Crippen molar-refractivity contribution >= 4 is 8.80 Å². The number of allylic oxidation sites excluding steroid dienone is 1. The standard InChI is InChI=1S/C27H56Si/c1-4-7-9-11-13-15-17-19-21-23-26-28(25-6-3)27-24-22-20-18-16-14-12-10-8-5-2/h6,25,28H,4-5,7-24,26-27H2,1-3H3. The molecule has 0 heterocycles. The lowest BCUT2D eigenvalue weighted by molar-refractivity contribution is 0.560. The van der Waals surface area contributed by atoms with Crippen molar-refractivity contribution in [2.75, 3.05) is 0 Å². The Morgan fingerprint density at radius 3 is 1.00 bits per heavy atom. The maximum absolute atomic E-state index is 2.63. The van der Waals surface area contributed by atoms with Crippen LogP contribution in [-0.2, 0) is 0 Å². The number of hydrogen-bond donors (Lipinski definition) is 0. The van der Waals surface area contributed by atoms with E-state index in [0.717, 1.165) is 0 Å². The molecule has 0 saturated carbocycles. The van der Waals surface area contributed by atoms with Crippen LogP contribution in [0.5, 0.6) is 0 Å². The maximum Gasteiger partial charge on any atom is 0.0610 e. The molecular formula is C27H56Si. The molecule has 0 aromatic rings. The number of hydrogen-bond acceptors (Lipinski definition) is 0. The first kappa shape index (κ1) is 28.0. The lowest BCUT2D eigenvalue weighted by Gasteiger charge is -2.11. The highest BCUT2D eigenvalue weighted by Gasteiger charge is 2.06. The smallest absolute Gasteiger partial charge is 0.0610 e. The van der Waals surface area contributed by atoms with Gasteiger partial charge in [0, 0.05) is 0 Å². The van der Waals surface area contributed by atoms with E-state index < -0.39 is 8.80 Å². The van der Waals surface area contributed by atoms with E-state index in [-0.39, 0.29) is 0 Å². The molecule has 0 bridgehead atoms. The molecular weight excluding hydrogens is 352 g/mol. The molecule has 0 spiro atoms. The number of rotatable bonds is 23. The molecule has 0 aliphatic carbocycles. The highest BCUT2D eigenvalue weighted by atomic mass is 28.3. The van der Waals surface area contributed by atoms with Gasteiger partial charge in [0.25, 0.3) is 0 Å². The zero-order chi connectivity index (χ0) is 20.5. The summed E-state index contributed by atoms with van der Waals surface area (Å²) in [7, 11) is -0.571. The summed E-state index contributed by atoms with van der Waals surface area (Å²) < 4.78 is 0. The fraction of sp³-hybridized carbons (Fsp3) is 0.926. The lowest BCUT2D eigenvalue weighted by atomic mass is 10.1. The van der Waals surface area contributed by atoms with Gasteiger partial charge >= 0.3 is 0 Å². The zero-order valence-electron chi connectivity index (χ0n) is 20.3. The Morgan fingerprint density at radius 2 is 0.714 bits per heavy atom. The topological polar surface area (TPSA) is 0 Å². The lowest BCUT2D eigenvalue weighted by Crippen LogP contribution is -2.08. The van der Waals surface area contributed by atoms with E-state index in [1.807, 2.05) is 0 Å². The molecule has 0 aliphatic rings. The summed E-state index contributed by atoms with van der Waals surface area (Å²) in [5.74, 6) is 0. The maximum atomic E-state index is 2.63. The Hall–Kier alpha value is -0.0431. The van der Waals surface area contributed by atoms with Gasteiger partial charge in [-0.1, -0.05) is 160 Å². The molecule has 0 atom stereocenters. The van der Waals surface area contributed by atoms with Crippen LogP contribution < -0.4 is 0 Å². The van der Waals surface area contributed by atoms with Gasteiger partial charge in [-0.3, -0.25) is 0 Å². The normalized spacial score (nSPS) is 11.9. The molecule has 0 saturated heterocycles. The van der Waals surface area contributed by atoms with Crippen LogP contribution in [0.3, 0.4) is 0 Å². The predicted molar refractivity (Wildman–Crippen MR) is 135 cm³/mol. The summed E-state index contributed by atoms with van der Waals surface area (Å²) in [5, 5.41) is 0. The van der Waals surface area contributed by atoms with Crippen LogP contribution in [0, 0.1) is 0 Å². The SMILES string of the molecule is CC=C[SiH](CCCCCCCCCCCC)CCCCCCCCCCCC. The predicted octanol–water partition coefficient (Wildman–Crippen LogP) is 10.2. The first-order valence-electron chi connectivity index (χ1n) is 13.5. The van der Waals surface area contributed by atoms with Gasteiger partial charge < -0.3 is 0 Å². The van der Waals surface area contributed by atoms with Crippen molar-refractivity contribution in [2.45, 2.75) is 161 Å². The van der Waals surface area contributed by atoms with Gasteiger partial charge in [-0.05, 0) is 6.92 Å². The van der Waals surface area contributed by atoms with Gasteiger partial charge in [-0.25, -0.2) is 0 Å². The summed E-state index contributed by atoms with van der Waals surface area (Å²) in [6.45, 7) is 6.85. The molecule has 0 aromatic carbocycles. The van der Waals surface area contributed by atoms with Crippen molar-refractivity contribution in [1.29, 1.82) is 0 Å². The van der Waals surface area contributed by atoms with Crippen LogP contribution in [0.4, 0.5) is 0 Å². The summed E-state index contributed by atoms with van der Waals surface area (Å²) in [4.78, 5) is 0. The molecule has 0 rings (SSSR count). The third kappa shape index (κ3) is 22.2. The molecule has 168 valence electrons. The Morgan fingerprint density at radius 1 is 0.429 bits per heavy atom. The number of unbranched alkanes of at least 4 members (excludes halogenated alkanes) is 18. The summed E-state index contributed by atoms with van der Waals surface area (Å²) >= 11 is 0. The molecule has 0 N–H and O–H groups in total. The third-order valence-corrected chi connectivity index (χ3v) is 9.55. The van der Waals surface area contributed by atoms with Gasteiger partial charge in [-0.15, -0.1) is 5.70 Å². The molecule has 0 nitrogen and oxygen atoms in total. The third-order valence-electron chi connectivity index (χ3n) is 6.32. The summed E-state index contributed by atoms with van der Waals surface area (Å²) in [5.41, 5.74) is 2.63. The molecule has 0 fully saturated rings. The second-order valence-electron chi connectivity index (χ2n) is 9.23. The van der Waals surface area contributed by atoms with E-state index in [1.165, 1.54) is 128 Å². The first-order valence-corrected chi connectivity index (χ1v) is 15.8. The minimum atomic E-state index is -0.571. The Balaban J connectivity index is 3.43. The Kier molecular flexibility index (Phi) is 25.0. The van der Waals surface area contributed by atoms with Gasteiger partial charge in [0.05, 0.1) is 8.80 Å². The van der Waals surface area contributed by atoms with Gasteiger partial charge in [0.2, 0.25) is 0 Å². The quantitative estimate of drug-likeness (QED) is 0.116. The minimum absolute atomic E-state index is 0.571. The van der Waals surface area contributed by atoms with Crippen LogP contribution in [0.25, 0.3) is 0 Å². The van der Waals surface area contributed by atoms with Crippen molar-refractivity contribution in [1.82, 2.24) is 0 Å². The molecule has 0 unspecified atom stereocenters. The van der Waals surface area contributed by atoms with Crippen molar-refractivity contribution in [2.24, 2.45) is 0 Å². The zero-order valence-corrected chi connectivity index (χ0v) is 21.4. The second kappa shape index (κ2) is 25.0. The van der Waals surface area contributed by atoms with Crippen LogP contribution in [0.2, 0.25) is 12.1 Å². The van der Waals surface area contributed by atoms with Crippen molar-refractivity contribution in [3.8, 4) is 0 Å². The van der Waals surface area contributed by atoms with Crippen LogP contribution in [-0.4, -0.2) is 8.80 Å². The van der Waals surface area contributed by atoms with Crippen LogP contribution in [0.1, 0.15) is 149 Å². The largest absolute Gasteiger partial charge is 0.102 e. The van der Waals surface area contributed by atoms with E-state index in [1.54, 1.807) is 12.1 Å². The molecule has 28 heavy (non-hydrogen) atoms. The molecule has 0 aliphatic heterocycles. The van der Waals surface area contributed by atoms with E-state index in [0.29, 0.717) is 0 Å². The Bertz CT molecular complexity index is 273. The summed E-state index contributed by atoms with van der Waals surface area (Å²) in [6.07, 6.45) is 31.7. The van der Waals surface area contributed by atoms with Crippen molar-refractivity contribution in [3.63, 3.8) is 0 Å². The minimum Gasteiger partial charge on any atom is -0.102 e. The fourth-order valence-corrected chi connectivity index (χ4v) is 7.24. The van der Waals surface area contributed by atoms with Crippen molar-refractivity contribution < 1.29 is 0 Å². The molecule has 0 aromatic heterocycles. The average molecular weight is 409 g/mol. The molecule has 0 radical (unpaired) electrons.